The lowest BCUT2D eigenvalue weighted by atomic mass is 10.0. The largest absolute Gasteiger partial charge is 0.390 e. The molecule has 0 unspecified atom stereocenters. The lowest BCUT2D eigenvalue weighted by molar-refractivity contribution is -0.137. The smallest absolute Gasteiger partial charge is 0.226 e. The van der Waals surface area contributed by atoms with Crippen molar-refractivity contribution in [1.82, 2.24) is 4.90 Å². The molecule has 1 saturated carbocycles. The minimum Gasteiger partial charge on any atom is -0.390 e. The molecule has 0 aromatic heterocycles. The van der Waals surface area contributed by atoms with Crippen molar-refractivity contribution in [3.63, 3.8) is 0 Å². The molecule has 2 aliphatic rings. The molecule has 0 spiro atoms. The number of carbonyl (C=O) groups excluding carboxylic acids is 1. The molecule has 4 rings (SSSR count). The Bertz CT molecular complexity index is 871. The van der Waals surface area contributed by atoms with E-state index < -0.39 is 0 Å². The van der Waals surface area contributed by atoms with Crippen LogP contribution in [0.25, 0.3) is 0 Å². The Kier molecular flexibility index (Phi) is 5.93. The molecule has 29 heavy (non-hydrogen) atoms. The highest BCUT2D eigenvalue weighted by Crippen LogP contribution is 2.28. The Morgan fingerprint density at radius 2 is 1.79 bits per heavy atom. The third kappa shape index (κ3) is 4.84. The molecule has 1 fully saturated rings. The van der Waals surface area contributed by atoms with E-state index in [-0.39, 0.29) is 23.7 Å². The van der Waals surface area contributed by atoms with Gasteiger partial charge < -0.3 is 9.74 Å². The number of amides is 1. The fourth-order valence-electron chi connectivity index (χ4n) is 4.16. The van der Waals surface area contributed by atoms with Crippen molar-refractivity contribution < 1.29 is 14.0 Å². The Labute approximate surface area is 171 Å². The molecule has 1 heterocycles. The van der Waals surface area contributed by atoms with Gasteiger partial charge in [0.15, 0.2) is 6.10 Å². The maximum Gasteiger partial charge on any atom is 0.226 e. The van der Waals surface area contributed by atoms with Gasteiger partial charge in [0.05, 0.1) is 12.3 Å². The van der Waals surface area contributed by atoms with Crippen LogP contribution >= 0.6 is 0 Å². The molecule has 0 N–H and O–H groups in total. The summed E-state index contributed by atoms with van der Waals surface area (Å²) in [6.45, 7) is 3.02. The van der Waals surface area contributed by atoms with Crippen LogP contribution in [0.1, 0.15) is 48.8 Å². The summed E-state index contributed by atoms with van der Waals surface area (Å²) in [5, 5.41) is 4.27. The first-order chi connectivity index (χ1) is 14.1. The first-order valence-electron chi connectivity index (χ1n) is 10.4. The quantitative estimate of drug-likeness (QED) is 0.703. The Balaban J connectivity index is 1.44. The molecule has 1 aliphatic carbocycles. The van der Waals surface area contributed by atoms with Crippen molar-refractivity contribution in [3.05, 3.63) is 71.0 Å². The molecule has 152 valence electrons. The Morgan fingerprint density at radius 1 is 1.10 bits per heavy atom. The first kappa shape index (κ1) is 19.6. The number of oxime groups is 1. The van der Waals surface area contributed by atoms with E-state index in [0.717, 1.165) is 42.5 Å². The Morgan fingerprint density at radius 3 is 2.48 bits per heavy atom. The van der Waals surface area contributed by atoms with Crippen LogP contribution in [0.4, 0.5) is 4.39 Å². The predicted molar refractivity (Wildman–Crippen MR) is 111 cm³/mol. The molecule has 1 atom stereocenters. The zero-order chi connectivity index (χ0) is 20.2. The van der Waals surface area contributed by atoms with Gasteiger partial charge in [-0.3, -0.25) is 4.79 Å². The summed E-state index contributed by atoms with van der Waals surface area (Å²) in [5.41, 5.74) is 4.11. The highest BCUT2D eigenvalue weighted by Gasteiger charge is 2.31. The molecule has 2 aromatic rings. The van der Waals surface area contributed by atoms with Gasteiger partial charge in [-0.2, -0.15) is 0 Å². The van der Waals surface area contributed by atoms with Crippen LogP contribution in [-0.4, -0.2) is 29.2 Å². The van der Waals surface area contributed by atoms with Crippen LogP contribution in [0.5, 0.6) is 0 Å². The van der Waals surface area contributed by atoms with Crippen LogP contribution in [0.3, 0.4) is 0 Å². The molecular weight excluding hydrogens is 367 g/mol. The first-order valence-corrected chi connectivity index (χ1v) is 10.4. The van der Waals surface area contributed by atoms with Crippen molar-refractivity contribution in [3.8, 4) is 0 Å². The van der Waals surface area contributed by atoms with E-state index in [0.29, 0.717) is 19.5 Å². The SMILES string of the molecule is Cc1ccc(C2=NO[C@@H](CN(Cc3ccc(F)cc3)C(=O)C3CCCC3)C2)cc1. The zero-order valence-electron chi connectivity index (χ0n) is 16.8. The maximum absolute atomic E-state index is 13.3. The molecule has 5 heteroatoms. The average molecular weight is 394 g/mol. The van der Waals surface area contributed by atoms with E-state index in [1.54, 1.807) is 12.1 Å². The molecular formula is C24H27FN2O2. The number of benzene rings is 2. The van der Waals surface area contributed by atoms with Crippen LogP contribution in [0.15, 0.2) is 53.7 Å². The predicted octanol–water partition coefficient (Wildman–Crippen LogP) is 4.85. The van der Waals surface area contributed by atoms with E-state index in [4.69, 9.17) is 4.84 Å². The maximum atomic E-state index is 13.3. The molecule has 1 amide bonds. The molecule has 0 saturated heterocycles. The molecule has 1 aliphatic heterocycles. The number of carbonyl (C=O) groups is 1. The third-order valence-corrected chi connectivity index (χ3v) is 5.84. The van der Waals surface area contributed by atoms with Crippen molar-refractivity contribution in [1.29, 1.82) is 0 Å². The summed E-state index contributed by atoms with van der Waals surface area (Å²) in [5.74, 6) is 0.00577. The van der Waals surface area contributed by atoms with Crippen LogP contribution < -0.4 is 0 Å². The third-order valence-electron chi connectivity index (χ3n) is 5.84. The summed E-state index contributed by atoms with van der Waals surface area (Å²) in [4.78, 5) is 20.7. The highest BCUT2D eigenvalue weighted by atomic mass is 19.1. The minimum atomic E-state index is -0.266. The number of rotatable bonds is 6. The summed E-state index contributed by atoms with van der Waals surface area (Å²) < 4.78 is 13.3. The topological polar surface area (TPSA) is 41.9 Å². The molecule has 2 aromatic carbocycles. The van der Waals surface area contributed by atoms with Crippen molar-refractivity contribution in [2.75, 3.05) is 6.54 Å². The number of hydrogen-bond acceptors (Lipinski definition) is 3. The summed E-state index contributed by atoms with van der Waals surface area (Å²) in [6.07, 6.45) is 4.66. The average Bonchev–Trinajstić information content (AvgIpc) is 3.41. The van der Waals surface area contributed by atoms with Crippen molar-refractivity contribution >= 4 is 11.6 Å². The fourth-order valence-corrected chi connectivity index (χ4v) is 4.16. The summed E-state index contributed by atoms with van der Waals surface area (Å²) in [6, 6.07) is 14.6. The van der Waals surface area contributed by atoms with Crippen LogP contribution in [0, 0.1) is 18.7 Å². The highest BCUT2D eigenvalue weighted by molar-refractivity contribution is 6.01. The lowest BCUT2D eigenvalue weighted by Crippen LogP contribution is -2.40. The lowest BCUT2D eigenvalue weighted by Gasteiger charge is -2.27. The molecule has 0 radical (unpaired) electrons. The second kappa shape index (κ2) is 8.76. The van der Waals surface area contributed by atoms with Gasteiger partial charge in [0.1, 0.15) is 5.82 Å². The second-order valence-electron chi connectivity index (χ2n) is 8.16. The van der Waals surface area contributed by atoms with Gasteiger partial charge in [-0.1, -0.05) is 60.0 Å². The normalized spacial score (nSPS) is 19.1. The van der Waals surface area contributed by atoms with Gasteiger partial charge in [0.25, 0.3) is 0 Å². The van der Waals surface area contributed by atoms with Crippen molar-refractivity contribution in [2.45, 2.75) is 51.7 Å². The minimum absolute atomic E-state index is 0.0920. The number of nitrogens with zero attached hydrogens (tertiary/aromatic N) is 2. The van der Waals surface area contributed by atoms with E-state index in [9.17, 15) is 9.18 Å². The molecule has 0 bridgehead atoms. The number of aryl methyl sites for hydroxylation is 1. The zero-order valence-corrected chi connectivity index (χ0v) is 16.8. The monoisotopic (exact) mass is 394 g/mol. The van der Waals surface area contributed by atoms with E-state index in [1.807, 2.05) is 4.90 Å². The summed E-state index contributed by atoms with van der Waals surface area (Å²) >= 11 is 0. The summed E-state index contributed by atoms with van der Waals surface area (Å²) in [7, 11) is 0. The van der Waals surface area contributed by atoms with E-state index >= 15 is 0 Å². The number of halogens is 1. The fraction of sp³-hybridized carbons (Fsp3) is 0.417. The van der Waals surface area contributed by atoms with Gasteiger partial charge in [-0.25, -0.2) is 4.39 Å². The molecule has 4 nitrogen and oxygen atoms in total. The van der Waals surface area contributed by atoms with E-state index in [1.165, 1.54) is 17.7 Å². The van der Waals surface area contributed by atoms with Gasteiger partial charge in [-0.15, -0.1) is 0 Å². The Hall–Kier alpha value is -2.69. The van der Waals surface area contributed by atoms with Crippen LogP contribution in [0.2, 0.25) is 0 Å². The standard InChI is InChI=1S/C24H27FN2O2/c1-17-6-10-19(11-7-17)23-14-22(29-26-23)16-27(24(28)20-4-2-3-5-20)15-18-8-12-21(25)13-9-18/h6-13,20,22H,2-5,14-16H2,1H3/t22-/m1/s1. The van der Waals surface area contributed by atoms with Crippen LogP contribution in [-0.2, 0) is 16.2 Å². The van der Waals surface area contributed by atoms with E-state index in [2.05, 4.69) is 36.3 Å². The van der Waals surface area contributed by atoms with Crippen molar-refractivity contribution in [2.24, 2.45) is 11.1 Å². The van der Waals surface area contributed by atoms with Gasteiger partial charge in [-0.05, 0) is 43.0 Å². The van der Waals surface area contributed by atoms with Gasteiger partial charge in [0, 0.05) is 18.9 Å². The second-order valence-corrected chi connectivity index (χ2v) is 8.16. The number of hydrogen-bond donors (Lipinski definition) is 0. The van der Waals surface area contributed by atoms with Gasteiger partial charge in [0.2, 0.25) is 5.91 Å². The van der Waals surface area contributed by atoms with Gasteiger partial charge >= 0.3 is 0 Å².